The van der Waals surface area contributed by atoms with Crippen LogP contribution in [0.15, 0.2) is 66.7 Å². The third kappa shape index (κ3) is 5.53. The second-order valence-corrected chi connectivity index (χ2v) is 9.81. The van der Waals surface area contributed by atoms with E-state index in [2.05, 4.69) is 17.4 Å². The van der Waals surface area contributed by atoms with Crippen LogP contribution in [-0.4, -0.2) is 30.3 Å². The lowest BCUT2D eigenvalue weighted by Gasteiger charge is -2.25. The Morgan fingerprint density at radius 1 is 0.943 bits per heavy atom. The van der Waals surface area contributed by atoms with E-state index in [0.717, 1.165) is 22.3 Å². The summed E-state index contributed by atoms with van der Waals surface area (Å²) in [5.74, 6) is -1.16. The SMILES string of the molecule is Cc1cccc(CC(NC(=O)OCC2c3ccccc3-c3ccccc32)C(=O)OC(C)(C)C)c1F. The van der Waals surface area contributed by atoms with Gasteiger partial charge in [0.15, 0.2) is 0 Å². The maximum absolute atomic E-state index is 14.6. The highest BCUT2D eigenvalue weighted by molar-refractivity contribution is 5.82. The number of hydrogen-bond acceptors (Lipinski definition) is 4. The summed E-state index contributed by atoms with van der Waals surface area (Å²) in [5, 5.41) is 2.60. The zero-order chi connectivity index (χ0) is 25.2. The molecule has 1 N–H and O–H groups in total. The van der Waals surface area contributed by atoms with Crippen LogP contribution in [0.3, 0.4) is 0 Å². The summed E-state index contributed by atoms with van der Waals surface area (Å²) >= 11 is 0. The van der Waals surface area contributed by atoms with Crippen LogP contribution in [0.4, 0.5) is 9.18 Å². The zero-order valence-electron chi connectivity index (χ0n) is 20.4. The number of fused-ring (bicyclic) bond motifs is 3. The first-order chi connectivity index (χ1) is 16.6. The van der Waals surface area contributed by atoms with Gasteiger partial charge in [0, 0.05) is 12.3 Å². The van der Waals surface area contributed by atoms with E-state index >= 15 is 0 Å². The highest BCUT2D eigenvalue weighted by Gasteiger charge is 2.31. The second kappa shape index (κ2) is 9.90. The van der Waals surface area contributed by atoms with E-state index in [1.165, 1.54) is 0 Å². The smallest absolute Gasteiger partial charge is 0.407 e. The number of nitrogens with one attached hydrogen (secondary N) is 1. The summed E-state index contributed by atoms with van der Waals surface area (Å²) in [7, 11) is 0. The average Bonchev–Trinajstić information content (AvgIpc) is 3.13. The lowest BCUT2D eigenvalue weighted by molar-refractivity contribution is -0.157. The summed E-state index contributed by atoms with van der Waals surface area (Å²) in [6, 6.07) is 20.0. The van der Waals surface area contributed by atoms with Crippen molar-refractivity contribution in [1.82, 2.24) is 5.32 Å². The van der Waals surface area contributed by atoms with E-state index in [0.29, 0.717) is 11.1 Å². The van der Waals surface area contributed by atoms with Gasteiger partial charge in [-0.2, -0.15) is 0 Å². The van der Waals surface area contributed by atoms with Crippen molar-refractivity contribution in [1.29, 1.82) is 0 Å². The number of esters is 1. The molecule has 182 valence electrons. The Morgan fingerprint density at radius 2 is 1.54 bits per heavy atom. The topological polar surface area (TPSA) is 64.6 Å². The van der Waals surface area contributed by atoms with Crippen molar-refractivity contribution in [3.05, 3.63) is 94.8 Å². The number of hydrogen-bond donors (Lipinski definition) is 1. The van der Waals surface area contributed by atoms with Crippen LogP contribution in [0.5, 0.6) is 0 Å². The third-order valence-electron chi connectivity index (χ3n) is 6.02. The maximum atomic E-state index is 14.6. The molecule has 0 saturated heterocycles. The third-order valence-corrected chi connectivity index (χ3v) is 6.02. The van der Waals surface area contributed by atoms with Crippen LogP contribution >= 0.6 is 0 Å². The molecule has 1 amide bonds. The molecule has 5 nitrogen and oxygen atoms in total. The molecule has 35 heavy (non-hydrogen) atoms. The molecule has 1 atom stereocenters. The van der Waals surface area contributed by atoms with Crippen molar-refractivity contribution in [3.63, 3.8) is 0 Å². The van der Waals surface area contributed by atoms with Gasteiger partial charge in [-0.1, -0.05) is 66.7 Å². The fourth-order valence-corrected chi connectivity index (χ4v) is 4.43. The number of rotatable bonds is 6. The Labute approximate surface area is 205 Å². The Bertz CT molecular complexity index is 1200. The Kier molecular flexibility index (Phi) is 6.92. The van der Waals surface area contributed by atoms with E-state index in [1.807, 2.05) is 36.4 Å². The molecule has 1 aliphatic carbocycles. The highest BCUT2D eigenvalue weighted by atomic mass is 19.1. The average molecular weight is 476 g/mol. The predicted molar refractivity (Wildman–Crippen MR) is 133 cm³/mol. The van der Waals surface area contributed by atoms with Crippen molar-refractivity contribution < 1.29 is 23.5 Å². The molecule has 6 heteroatoms. The van der Waals surface area contributed by atoms with Crippen LogP contribution in [0, 0.1) is 12.7 Å². The predicted octanol–water partition coefficient (Wildman–Crippen LogP) is 5.93. The minimum Gasteiger partial charge on any atom is -0.458 e. The van der Waals surface area contributed by atoms with Crippen LogP contribution in [0.1, 0.15) is 48.9 Å². The Balaban J connectivity index is 1.49. The van der Waals surface area contributed by atoms with E-state index in [-0.39, 0.29) is 18.9 Å². The molecule has 0 spiro atoms. The lowest BCUT2D eigenvalue weighted by atomic mass is 9.98. The fourth-order valence-electron chi connectivity index (χ4n) is 4.43. The van der Waals surface area contributed by atoms with Crippen molar-refractivity contribution in [2.45, 2.75) is 51.7 Å². The van der Waals surface area contributed by atoms with Crippen molar-refractivity contribution >= 4 is 12.1 Å². The first kappa shape index (κ1) is 24.5. The standard InChI is InChI=1S/C29H30FNO4/c1-18-10-9-11-19(26(18)30)16-25(27(32)35-29(2,3)4)31-28(33)34-17-24-22-14-7-5-12-20(22)21-13-6-8-15-23(21)24/h5-15,24-25H,16-17H2,1-4H3,(H,31,33). The number of halogens is 1. The number of ether oxygens (including phenoxy) is 2. The van der Waals surface area contributed by atoms with Crippen molar-refractivity contribution in [2.24, 2.45) is 0 Å². The summed E-state index contributed by atoms with van der Waals surface area (Å²) in [6.45, 7) is 6.98. The van der Waals surface area contributed by atoms with Gasteiger partial charge < -0.3 is 14.8 Å². The Hall–Kier alpha value is -3.67. The highest BCUT2D eigenvalue weighted by Crippen LogP contribution is 2.44. The first-order valence-electron chi connectivity index (χ1n) is 11.7. The van der Waals surface area contributed by atoms with Crippen molar-refractivity contribution in [3.8, 4) is 11.1 Å². The molecular formula is C29H30FNO4. The molecule has 3 aromatic rings. The molecule has 1 aliphatic rings. The lowest BCUT2D eigenvalue weighted by Crippen LogP contribution is -2.46. The molecular weight excluding hydrogens is 445 g/mol. The largest absolute Gasteiger partial charge is 0.458 e. The molecule has 0 saturated carbocycles. The molecule has 0 aromatic heterocycles. The van der Waals surface area contributed by atoms with E-state index in [9.17, 15) is 14.0 Å². The zero-order valence-corrected chi connectivity index (χ0v) is 20.4. The number of amides is 1. The number of carbonyl (C=O) groups is 2. The molecule has 0 heterocycles. The van der Waals surface area contributed by atoms with Gasteiger partial charge in [0.25, 0.3) is 0 Å². The second-order valence-electron chi connectivity index (χ2n) is 9.81. The van der Waals surface area contributed by atoms with E-state index in [4.69, 9.17) is 9.47 Å². The number of benzene rings is 3. The minimum absolute atomic E-state index is 0.0490. The summed E-state index contributed by atoms with van der Waals surface area (Å²) in [4.78, 5) is 25.7. The maximum Gasteiger partial charge on any atom is 0.407 e. The number of aryl methyl sites for hydroxylation is 1. The van der Waals surface area contributed by atoms with Gasteiger partial charge in [0.1, 0.15) is 24.1 Å². The summed E-state index contributed by atoms with van der Waals surface area (Å²) in [5.41, 5.74) is 4.45. The molecule has 0 bridgehead atoms. The molecule has 0 fully saturated rings. The van der Waals surface area contributed by atoms with Crippen molar-refractivity contribution in [2.75, 3.05) is 6.61 Å². The van der Waals surface area contributed by atoms with Crippen LogP contribution in [0.2, 0.25) is 0 Å². The molecule has 0 radical (unpaired) electrons. The van der Waals surface area contributed by atoms with Crippen LogP contribution in [-0.2, 0) is 20.7 Å². The molecule has 4 rings (SSSR count). The molecule has 1 unspecified atom stereocenters. The van der Waals surface area contributed by atoms with Gasteiger partial charge in [0.2, 0.25) is 0 Å². The van der Waals surface area contributed by atoms with Gasteiger partial charge in [-0.05, 0) is 61.1 Å². The minimum atomic E-state index is -1.10. The van der Waals surface area contributed by atoms with Gasteiger partial charge in [-0.3, -0.25) is 0 Å². The van der Waals surface area contributed by atoms with Gasteiger partial charge >= 0.3 is 12.1 Å². The monoisotopic (exact) mass is 475 g/mol. The van der Waals surface area contributed by atoms with Crippen LogP contribution in [0.25, 0.3) is 11.1 Å². The van der Waals surface area contributed by atoms with E-state index < -0.39 is 29.5 Å². The first-order valence-corrected chi connectivity index (χ1v) is 11.7. The molecule has 0 aliphatic heterocycles. The number of alkyl carbamates (subject to hydrolysis) is 1. The van der Waals surface area contributed by atoms with Gasteiger partial charge in [-0.25, -0.2) is 14.0 Å². The van der Waals surface area contributed by atoms with Crippen LogP contribution < -0.4 is 5.32 Å². The molecule has 3 aromatic carbocycles. The quantitative estimate of drug-likeness (QED) is 0.449. The fraction of sp³-hybridized carbons (Fsp3) is 0.310. The van der Waals surface area contributed by atoms with Gasteiger partial charge in [0.05, 0.1) is 0 Å². The normalized spacial score (nSPS) is 13.5. The Morgan fingerprint density at radius 3 is 2.14 bits per heavy atom. The summed E-state index contributed by atoms with van der Waals surface area (Å²) < 4.78 is 25.7. The van der Waals surface area contributed by atoms with Gasteiger partial charge in [-0.15, -0.1) is 0 Å². The van der Waals surface area contributed by atoms with E-state index in [1.54, 1.807) is 45.9 Å². The summed E-state index contributed by atoms with van der Waals surface area (Å²) in [6.07, 6.45) is -0.803. The number of carbonyl (C=O) groups excluding carboxylic acids is 2.